The normalized spacial score (nSPS) is 31.8. The molecular weight excluding hydrogens is 316 g/mol. The zero-order chi connectivity index (χ0) is 16.4. The lowest BCUT2D eigenvalue weighted by molar-refractivity contribution is -0.127. The molecule has 1 aliphatic carbocycles. The van der Waals surface area contributed by atoms with Gasteiger partial charge in [0.1, 0.15) is 0 Å². The van der Waals surface area contributed by atoms with Gasteiger partial charge in [-0.3, -0.25) is 9.69 Å². The van der Waals surface area contributed by atoms with E-state index in [0.717, 1.165) is 32.2 Å². The minimum absolute atomic E-state index is 0.294. The van der Waals surface area contributed by atoms with E-state index in [4.69, 9.17) is 0 Å². The molecule has 1 amide bonds. The lowest BCUT2D eigenvalue weighted by Gasteiger charge is -2.49. The van der Waals surface area contributed by atoms with Crippen molar-refractivity contribution >= 4 is 17.2 Å². The summed E-state index contributed by atoms with van der Waals surface area (Å²) in [5.41, 5.74) is 0. The Labute approximate surface area is 149 Å². The van der Waals surface area contributed by atoms with Crippen LogP contribution in [0.1, 0.15) is 69.1 Å². The van der Waals surface area contributed by atoms with E-state index in [0.29, 0.717) is 30.0 Å². The third-order valence-electron chi connectivity index (χ3n) is 6.37. The van der Waals surface area contributed by atoms with Gasteiger partial charge in [-0.1, -0.05) is 31.7 Å². The fraction of sp³-hybridized carbons (Fsp3) is 0.750. The predicted molar refractivity (Wildman–Crippen MR) is 99.0 cm³/mol. The van der Waals surface area contributed by atoms with Crippen molar-refractivity contribution in [3.05, 3.63) is 22.4 Å². The van der Waals surface area contributed by atoms with Crippen LogP contribution in [-0.2, 0) is 11.3 Å². The molecule has 1 aromatic heterocycles. The van der Waals surface area contributed by atoms with Gasteiger partial charge in [-0.05, 0) is 50.0 Å². The molecular formula is C20H30N2OS. The summed E-state index contributed by atoms with van der Waals surface area (Å²) >= 11 is 1.87. The van der Waals surface area contributed by atoms with Crippen LogP contribution < -0.4 is 5.32 Å². The van der Waals surface area contributed by atoms with E-state index in [1.54, 1.807) is 0 Å². The zero-order valence-electron chi connectivity index (χ0n) is 14.6. The zero-order valence-corrected chi connectivity index (χ0v) is 15.4. The van der Waals surface area contributed by atoms with E-state index in [-0.39, 0.29) is 0 Å². The molecule has 2 atom stereocenters. The molecule has 2 saturated heterocycles. The average Bonchev–Trinajstić information content (AvgIpc) is 3.09. The molecule has 4 rings (SSSR count). The van der Waals surface area contributed by atoms with Crippen LogP contribution >= 0.6 is 11.3 Å². The van der Waals surface area contributed by atoms with Crippen molar-refractivity contribution < 1.29 is 4.79 Å². The molecule has 4 heteroatoms. The standard InChI is InChI=1S/C20H30N2OS/c23-20(15-6-2-1-3-7-15)21-16-12-17-8-4-9-18(13-16)22(17)14-19-10-5-11-24-19/h5,10-11,15-18H,1-4,6-9,12-14H2,(H,21,23)/t17-,18-/m0/s1. The van der Waals surface area contributed by atoms with Crippen molar-refractivity contribution in [2.24, 2.45) is 5.92 Å². The Bertz CT molecular complexity index is 524. The molecule has 1 saturated carbocycles. The molecule has 0 aromatic carbocycles. The van der Waals surface area contributed by atoms with Gasteiger partial charge < -0.3 is 5.32 Å². The highest BCUT2D eigenvalue weighted by atomic mass is 32.1. The highest BCUT2D eigenvalue weighted by molar-refractivity contribution is 7.09. The number of nitrogens with one attached hydrogen (secondary N) is 1. The van der Waals surface area contributed by atoms with Crippen molar-refractivity contribution in [1.29, 1.82) is 0 Å². The largest absolute Gasteiger partial charge is 0.353 e. The Balaban J connectivity index is 1.36. The molecule has 0 spiro atoms. The van der Waals surface area contributed by atoms with E-state index in [1.807, 2.05) is 11.3 Å². The van der Waals surface area contributed by atoms with Gasteiger partial charge in [-0.25, -0.2) is 0 Å². The molecule has 3 heterocycles. The minimum atomic E-state index is 0.294. The van der Waals surface area contributed by atoms with Gasteiger partial charge in [0.05, 0.1) is 0 Å². The van der Waals surface area contributed by atoms with Crippen LogP contribution in [0.25, 0.3) is 0 Å². The van der Waals surface area contributed by atoms with E-state index in [1.165, 1.54) is 43.4 Å². The number of carbonyl (C=O) groups is 1. The first-order chi connectivity index (χ1) is 11.8. The number of rotatable bonds is 4. The highest BCUT2D eigenvalue weighted by Crippen LogP contribution is 2.36. The van der Waals surface area contributed by atoms with Crippen molar-refractivity contribution in [1.82, 2.24) is 10.2 Å². The minimum Gasteiger partial charge on any atom is -0.353 e. The predicted octanol–water partition coefficient (Wildman–Crippen LogP) is 4.33. The number of carbonyl (C=O) groups excluding carboxylic acids is 1. The van der Waals surface area contributed by atoms with Crippen LogP contribution in [0, 0.1) is 5.92 Å². The van der Waals surface area contributed by atoms with Crippen LogP contribution in [0.3, 0.4) is 0 Å². The SMILES string of the molecule is O=C(NC1C[C@@H]2CCC[C@@H](C1)N2Cc1cccs1)C1CCCCC1. The van der Waals surface area contributed by atoms with E-state index >= 15 is 0 Å². The van der Waals surface area contributed by atoms with Gasteiger partial charge >= 0.3 is 0 Å². The number of nitrogens with zero attached hydrogens (tertiary/aromatic N) is 1. The van der Waals surface area contributed by atoms with Crippen LogP contribution in [-0.4, -0.2) is 28.9 Å². The van der Waals surface area contributed by atoms with E-state index in [2.05, 4.69) is 27.7 Å². The van der Waals surface area contributed by atoms with Gasteiger partial charge in [0.25, 0.3) is 0 Å². The Morgan fingerprint density at radius 3 is 2.50 bits per heavy atom. The van der Waals surface area contributed by atoms with Crippen molar-refractivity contribution in [2.45, 2.75) is 88.9 Å². The first-order valence-corrected chi connectivity index (χ1v) is 10.8. The third kappa shape index (κ3) is 3.70. The van der Waals surface area contributed by atoms with Crippen LogP contribution in [0.5, 0.6) is 0 Å². The van der Waals surface area contributed by atoms with Crippen molar-refractivity contribution in [3.8, 4) is 0 Å². The maximum Gasteiger partial charge on any atom is 0.223 e. The molecule has 1 aromatic rings. The molecule has 2 bridgehead atoms. The summed E-state index contributed by atoms with van der Waals surface area (Å²) in [4.78, 5) is 16.8. The molecule has 3 fully saturated rings. The van der Waals surface area contributed by atoms with Gasteiger partial charge in [0.2, 0.25) is 5.91 Å². The maximum atomic E-state index is 12.6. The van der Waals surface area contributed by atoms with Crippen LogP contribution in [0.2, 0.25) is 0 Å². The Morgan fingerprint density at radius 2 is 1.83 bits per heavy atom. The lowest BCUT2D eigenvalue weighted by atomic mass is 9.81. The number of hydrogen-bond acceptors (Lipinski definition) is 3. The molecule has 3 nitrogen and oxygen atoms in total. The van der Waals surface area contributed by atoms with Crippen molar-refractivity contribution in [3.63, 3.8) is 0 Å². The van der Waals surface area contributed by atoms with Gasteiger partial charge in [-0.2, -0.15) is 0 Å². The highest BCUT2D eigenvalue weighted by Gasteiger charge is 2.39. The van der Waals surface area contributed by atoms with Gasteiger partial charge in [0.15, 0.2) is 0 Å². The summed E-state index contributed by atoms with van der Waals surface area (Å²) in [7, 11) is 0. The summed E-state index contributed by atoms with van der Waals surface area (Å²) in [6.07, 6.45) is 12.3. The Kier molecular flexibility index (Phi) is 5.23. The average molecular weight is 347 g/mol. The molecule has 2 aliphatic heterocycles. The molecule has 24 heavy (non-hydrogen) atoms. The second-order valence-corrected chi connectivity index (χ2v) is 9.03. The summed E-state index contributed by atoms with van der Waals surface area (Å²) in [6, 6.07) is 6.16. The summed E-state index contributed by atoms with van der Waals surface area (Å²) in [6.45, 7) is 1.11. The Morgan fingerprint density at radius 1 is 1.08 bits per heavy atom. The quantitative estimate of drug-likeness (QED) is 0.880. The second-order valence-electron chi connectivity index (χ2n) is 8.00. The number of thiophene rings is 1. The first-order valence-electron chi connectivity index (χ1n) is 9.88. The molecule has 1 N–H and O–H groups in total. The summed E-state index contributed by atoms with van der Waals surface area (Å²) < 4.78 is 0. The summed E-state index contributed by atoms with van der Waals surface area (Å²) in [5, 5.41) is 5.62. The maximum absolute atomic E-state index is 12.6. The van der Waals surface area contributed by atoms with Gasteiger partial charge in [-0.15, -0.1) is 11.3 Å². The summed E-state index contributed by atoms with van der Waals surface area (Å²) in [5.74, 6) is 0.646. The molecule has 132 valence electrons. The number of amides is 1. The van der Waals surface area contributed by atoms with Crippen molar-refractivity contribution in [2.75, 3.05) is 0 Å². The van der Waals surface area contributed by atoms with Crippen LogP contribution in [0.4, 0.5) is 0 Å². The second kappa shape index (κ2) is 7.57. The molecule has 0 unspecified atom stereocenters. The van der Waals surface area contributed by atoms with Gasteiger partial charge in [0, 0.05) is 35.5 Å². The molecule has 3 aliphatic rings. The smallest absolute Gasteiger partial charge is 0.223 e. The van der Waals surface area contributed by atoms with E-state index in [9.17, 15) is 4.79 Å². The fourth-order valence-corrected chi connectivity index (χ4v) is 5.83. The third-order valence-corrected chi connectivity index (χ3v) is 7.23. The first kappa shape index (κ1) is 16.6. The number of piperidine rings is 2. The molecule has 0 radical (unpaired) electrons. The number of hydrogen-bond donors (Lipinski definition) is 1. The number of fused-ring (bicyclic) bond motifs is 2. The monoisotopic (exact) mass is 346 g/mol. The van der Waals surface area contributed by atoms with E-state index < -0.39 is 0 Å². The Hall–Kier alpha value is -0.870. The fourth-order valence-electron chi connectivity index (χ4n) is 5.12. The lowest BCUT2D eigenvalue weighted by Crippen LogP contribution is -2.56. The van der Waals surface area contributed by atoms with Crippen LogP contribution in [0.15, 0.2) is 17.5 Å². The topological polar surface area (TPSA) is 32.3 Å².